The third-order valence-corrected chi connectivity index (χ3v) is 7.84. The number of hydrogen-bond acceptors (Lipinski definition) is 3. The molecule has 1 spiro atoms. The number of halogens is 1. The van der Waals surface area contributed by atoms with Crippen LogP contribution in [0.2, 0.25) is 0 Å². The molecule has 0 radical (unpaired) electrons. The molecule has 1 aromatic heterocycles. The SMILES string of the molecule is CC(C(N)=O)c1ccccc1CCC12CCC3=Cc4c(cnn4-c4ccc(F)cc4)CC31O2. The second-order valence-electron chi connectivity index (χ2n) is 9.54. The number of aryl methyl sites for hydroxylation is 1. The van der Waals surface area contributed by atoms with Crippen LogP contribution in [0.25, 0.3) is 11.8 Å². The van der Waals surface area contributed by atoms with E-state index in [2.05, 4.69) is 17.2 Å². The molecule has 1 aliphatic heterocycles. The maximum atomic E-state index is 13.4. The Balaban J connectivity index is 1.25. The van der Waals surface area contributed by atoms with Gasteiger partial charge < -0.3 is 10.5 Å². The number of primary amides is 1. The Labute approximate surface area is 192 Å². The molecule has 3 unspecified atom stereocenters. The molecule has 5 nitrogen and oxygen atoms in total. The van der Waals surface area contributed by atoms with E-state index >= 15 is 0 Å². The van der Waals surface area contributed by atoms with Gasteiger partial charge in [0.1, 0.15) is 17.0 Å². The van der Waals surface area contributed by atoms with Crippen molar-refractivity contribution in [2.24, 2.45) is 5.73 Å². The van der Waals surface area contributed by atoms with Crippen molar-refractivity contribution >= 4 is 12.0 Å². The van der Waals surface area contributed by atoms with E-state index in [1.165, 1.54) is 23.3 Å². The summed E-state index contributed by atoms with van der Waals surface area (Å²) >= 11 is 0. The molecule has 33 heavy (non-hydrogen) atoms. The topological polar surface area (TPSA) is 73.4 Å². The lowest BCUT2D eigenvalue weighted by atomic mass is 9.80. The third kappa shape index (κ3) is 3.00. The number of epoxide rings is 1. The lowest BCUT2D eigenvalue weighted by Gasteiger charge is -2.20. The molecule has 6 heteroatoms. The fourth-order valence-corrected chi connectivity index (χ4v) is 5.91. The summed E-state index contributed by atoms with van der Waals surface area (Å²) in [5.74, 6) is -0.860. The van der Waals surface area contributed by atoms with E-state index in [0.29, 0.717) is 0 Å². The zero-order valence-electron chi connectivity index (χ0n) is 18.6. The van der Waals surface area contributed by atoms with E-state index in [-0.39, 0.29) is 28.8 Å². The van der Waals surface area contributed by atoms with Crippen LogP contribution in [0.15, 0.2) is 60.3 Å². The highest BCUT2D eigenvalue weighted by molar-refractivity contribution is 5.81. The number of rotatable bonds is 6. The van der Waals surface area contributed by atoms with E-state index in [9.17, 15) is 9.18 Å². The van der Waals surface area contributed by atoms with Crippen LogP contribution in [0, 0.1) is 5.82 Å². The Bertz CT molecular complexity index is 1290. The molecule has 2 fully saturated rings. The quantitative estimate of drug-likeness (QED) is 0.571. The van der Waals surface area contributed by atoms with Crippen molar-refractivity contribution in [2.75, 3.05) is 0 Å². The molecule has 1 saturated carbocycles. The number of aromatic nitrogens is 2. The minimum atomic E-state index is -0.304. The first kappa shape index (κ1) is 20.4. The van der Waals surface area contributed by atoms with Crippen LogP contribution < -0.4 is 5.73 Å². The van der Waals surface area contributed by atoms with Gasteiger partial charge in [-0.2, -0.15) is 5.10 Å². The maximum Gasteiger partial charge on any atom is 0.224 e. The van der Waals surface area contributed by atoms with Crippen molar-refractivity contribution in [3.8, 4) is 5.69 Å². The standard InChI is InChI=1S/C27H26FN3O2/c1-17(25(29)32)23-5-3-2-4-18(23)10-12-26-13-11-20-14-24-19(15-27(20,26)33-26)16-30-31(24)22-8-6-21(28)7-9-22/h2-9,14,16-17H,10-13,15H2,1H3,(H2,29,32). The number of hydrogen-bond donors (Lipinski definition) is 1. The molecular formula is C27H26FN3O2. The number of nitrogens with zero attached hydrogens (tertiary/aromatic N) is 2. The van der Waals surface area contributed by atoms with Crippen LogP contribution >= 0.6 is 0 Å². The maximum absolute atomic E-state index is 13.4. The first-order chi connectivity index (χ1) is 15.9. The van der Waals surface area contributed by atoms with Gasteiger partial charge in [-0.25, -0.2) is 9.07 Å². The first-order valence-electron chi connectivity index (χ1n) is 11.5. The molecule has 2 N–H and O–H groups in total. The number of carbonyl (C=O) groups is 1. The van der Waals surface area contributed by atoms with Crippen LogP contribution in [0.4, 0.5) is 4.39 Å². The molecule has 1 amide bonds. The zero-order valence-corrected chi connectivity index (χ0v) is 18.6. The Morgan fingerprint density at radius 2 is 2.03 bits per heavy atom. The minimum Gasteiger partial charge on any atom is -0.369 e. The summed E-state index contributed by atoms with van der Waals surface area (Å²) in [5.41, 5.74) is 11.8. The Kier molecular flexibility index (Phi) is 4.40. The van der Waals surface area contributed by atoms with Crippen LogP contribution in [0.1, 0.15) is 54.5 Å². The lowest BCUT2D eigenvalue weighted by molar-refractivity contribution is -0.119. The summed E-state index contributed by atoms with van der Waals surface area (Å²) in [6.07, 6.45) is 8.73. The van der Waals surface area contributed by atoms with E-state index in [1.54, 1.807) is 12.1 Å². The van der Waals surface area contributed by atoms with E-state index in [1.807, 2.05) is 36.0 Å². The summed E-state index contributed by atoms with van der Waals surface area (Å²) < 4.78 is 21.8. The van der Waals surface area contributed by atoms with E-state index < -0.39 is 0 Å². The number of fused-ring (bicyclic) bond motifs is 1. The second-order valence-corrected chi connectivity index (χ2v) is 9.54. The summed E-state index contributed by atoms with van der Waals surface area (Å²) in [7, 11) is 0. The summed E-state index contributed by atoms with van der Waals surface area (Å²) in [5, 5.41) is 4.59. The van der Waals surface area contributed by atoms with Gasteiger partial charge in [0.2, 0.25) is 5.91 Å². The molecule has 2 heterocycles. The van der Waals surface area contributed by atoms with Crippen molar-refractivity contribution < 1.29 is 13.9 Å². The normalized spacial score (nSPS) is 25.6. The lowest BCUT2D eigenvalue weighted by Crippen LogP contribution is -2.27. The molecule has 3 aliphatic rings. The van der Waals surface area contributed by atoms with Crippen LogP contribution in [0.5, 0.6) is 0 Å². The van der Waals surface area contributed by atoms with Gasteiger partial charge in [-0.3, -0.25) is 4.79 Å². The smallest absolute Gasteiger partial charge is 0.224 e. The van der Waals surface area contributed by atoms with Gasteiger partial charge in [0.25, 0.3) is 0 Å². The van der Waals surface area contributed by atoms with Crippen LogP contribution in [0.3, 0.4) is 0 Å². The van der Waals surface area contributed by atoms with Crippen molar-refractivity contribution in [1.82, 2.24) is 9.78 Å². The highest BCUT2D eigenvalue weighted by Crippen LogP contribution is 2.67. The summed E-state index contributed by atoms with van der Waals surface area (Å²) in [6.45, 7) is 1.87. The minimum absolute atomic E-state index is 0.155. The highest BCUT2D eigenvalue weighted by Gasteiger charge is 2.74. The number of amides is 1. The molecule has 2 aromatic carbocycles. The molecule has 2 aliphatic carbocycles. The van der Waals surface area contributed by atoms with Gasteiger partial charge in [-0.1, -0.05) is 24.3 Å². The van der Waals surface area contributed by atoms with Crippen molar-refractivity contribution in [3.05, 3.63) is 88.5 Å². The van der Waals surface area contributed by atoms with Gasteiger partial charge in [0.05, 0.1) is 23.5 Å². The fraction of sp³-hybridized carbons (Fsp3) is 0.333. The molecule has 1 saturated heterocycles. The Hall–Kier alpha value is -3.25. The molecule has 0 bridgehead atoms. The largest absolute Gasteiger partial charge is 0.369 e. The van der Waals surface area contributed by atoms with Gasteiger partial charge in [-0.05, 0) is 79.6 Å². The molecule has 3 atom stereocenters. The molecule has 6 rings (SSSR count). The van der Waals surface area contributed by atoms with E-state index in [0.717, 1.165) is 54.6 Å². The predicted octanol–water partition coefficient (Wildman–Crippen LogP) is 4.47. The number of nitrogens with two attached hydrogens (primary N) is 1. The van der Waals surface area contributed by atoms with Gasteiger partial charge >= 0.3 is 0 Å². The summed E-state index contributed by atoms with van der Waals surface area (Å²) in [4.78, 5) is 11.8. The van der Waals surface area contributed by atoms with Crippen molar-refractivity contribution in [3.63, 3.8) is 0 Å². The predicted molar refractivity (Wildman–Crippen MR) is 123 cm³/mol. The average molecular weight is 444 g/mol. The highest BCUT2D eigenvalue weighted by atomic mass is 19.1. The molecule has 168 valence electrons. The number of benzene rings is 2. The van der Waals surface area contributed by atoms with Crippen molar-refractivity contribution in [2.45, 2.75) is 56.1 Å². The van der Waals surface area contributed by atoms with E-state index in [4.69, 9.17) is 10.5 Å². The van der Waals surface area contributed by atoms with Crippen molar-refractivity contribution in [1.29, 1.82) is 0 Å². The Morgan fingerprint density at radius 1 is 1.24 bits per heavy atom. The number of carbonyl (C=O) groups excluding carboxylic acids is 1. The van der Waals surface area contributed by atoms with Gasteiger partial charge in [0, 0.05) is 12.0 Å². The molecule has 3 aromatic rings. The van der Waals surface area contributed by atoms with Gasteiger partial charge in [-0.15, -0.1) is 0 Å². The monoisotopic (exact) mass is 443 g/mol. The third-order valence-electron chi connectivity index (χ3n) is 7.84. The van der Waals surface area contributed by atoms with Crippen LogP contribution in [-0.2, 0) is 22.4 Å². The summed E-state index contributed by atoms with van der Waals surface area (Å²) in [6, 6.07) is 14.5. The molecular weight excluding hydrogens is 417 g/mol. The fourth-order valence-electron chi connectivity index (χ4n) is 5.91. The average Bonchev–Trinajstić information content (AvgIpc) is 3.09. The first-order valence-corrected chi connectivity index (χ1v) is 11.5. The zero-order chi connectivity index (χ0) is 22.8. The Morgan fingerprint density at radius 3 is 2.82 bits per heavy atom. The number of ether oxygens (including phenoxy) is 1. The van der Waals surface area contributed by atoms with Crippen LogP contribution in [-0.4, -0.2) is 26.9 Å². The van der Waals surface area contributed by atoms with Gasteiger partial charge in [0.15, 0.2) is 0 Å². The second kappa shape index (κ2) is 7.12.